The van der Waals surface area contributed by atoms with Gasteiger partial charge in [-0.2, -0.15) is 0 Å². The smallest absolute Gasteiger partial charge is 0.396 e. The van der Waals surface area contributed by atoms with Crippen molar-refractivity contribution in [3.8, 4) is 16.2 Å². The van der Waals surface area contributed by atoms with Gasteiger partial charge in [-0.3, -0.25) is 42.9 Å². The van der Waals surface area contributed by atoms with Gasteiger partial charge in [0.15, 0.2) is 0 Å². The van der Waals surface area contributed by atoms with E-state index in [9.17, 15) is 57.8 Å². The van der Waals surface area contributed by atoms with Crippen molar-refractivity contribution < 1.29 is 62.6 Å². The van der Waals surface area contributed by atoms with Crippen LogP contribution in [0.25, 0.3) is 21.3 Å². The summed E-state index contributed by atoms with van der Waals surface area (Å²) < 4.78 is 17.7. The number of β-amino-alcohol motifs (C(OH)–C–C–N with tert-alkyl or cyclic N) is 1. The fraction of sp³-hybridized carbons (Fsp3) is 0.456. The summed E-state index contributed by atoms with van der Waals surface area (Å²) >= 11 is 8.42. The number of likely N-dealkylation sites (tertiary alicyclic amines) is 2. The lowest BCUT2D eigenvalue weighted by Gasteiger charge is -2.35. The molecule has 2 saturated heterocycles. The fourth-order valence-electron chi connectivity index (χ4n) is 10.1. The first-order valence-corrected chi connectivity index (χ1v) is 30.0. The van der Waals surface area contributed by atoms with E-state index in [-0.39, 0.29) is 74.0 Å². The standard InChI is InChI=1S/C57H71ClN9O13PS/c1-31(2)48(65-51(71)41-25-37-24-36(19-21-40(37)63-41)56(76)81(77,78)79)54(74)66-23-9-12-42(66)53(73)62-38(20-22-45(59)69)29-80-44-13-7-10-34(47(44)58)11-8-14-46(70)64-50(57(4,5)6)55(75)67-28-39(68)26-43(67)52(72)60-27-33-15-17-35(18-16-33)49-32(3)61-30-82-49/h7,10,13,15-19,21,24-25,30-31,38-39,42-43,48,50,63,68H,8-9,11-12,14,20,22-23,26-29H2,1-6H3,(H2,59,69)(H,60,72)(H,62,73)(H,64,70)(H,65,71)(H2,77,78,79)/t38-,39+,42-,43-,48-,50+/m0/s1. The molecule has 3 aromatic carbocycles. The first-order chi connectivity index (χ1) is 38.7. The second-order valence-corrected chi connectivity index (χ2v) is 25.0. The number of hydrogen-bond donors (Lipinski definition) is 9. The molecule has 7 amide bonds. The monoisotopic (exact) mass is 1190 g/mol. The van der Waals surface area contributed by atoms with E-state index >= 15 is 0 Å². The van der Waals surface area contributed by atoms with Crippen molar-refractivity contribution in [2.24, 2.45) is 17.1 Å². The number of nitrogens with zero attached hydrogens (tertiary/aromatic N) is 3. The molecule has 2 aliphatic rings. The molecule has 5 aromatic rings. The summed E-state index contributed by atoms with van der Waals surface area (Å²) in [6, 6.07) is 13.4. The van der Waals surface area contributed by atoms with Gasteiger partial charge in [0.05, 0.1) is 33.3 Å². The number of benzene rings is 3. The molecule has 0 bridgehead atoms. The Balaban J connectivity index is 0.919. The Morgan fingerprint density at radius 3 is 2.32 bits per heavy atom. The van der Waals surface area contributed by atoms with Crippen LogP contribution in [0.4, 0.5) is 0 Å². The van der Waals surface area contributed by atoms with E-state index in [1.54, 1.807) is 48.9 Å². The van der Waals surface area contributed by atoms with Crippen LogP contribution in [-0.4, -0.2) is 138 Å². The van der Waals surface area contributed by atoms with Gasteiger partial charge in [-0.25, -0.2) is 4.98 Å². The highest BCUT2D eigenvalue weighted by atomic mass is 35.5. The number of nitrogens with one attached hydrogen (secondary N) is 5. The highest BCUT2D eigenvalue weighted by Gasteiger charge is 2.45. The number of halogens is 1. The molecule has 2 aliphatic heterocycles. The third-order valence-corrected chi connectivity index (χ3v) is 16.8. The summed E-state index contributed by atoms with van der Waals surface area (Å²) in [5.74, 6) is -3.76. The lowest BCUT2D eigenvalue weighted by Crippen LogP contribution is -2.57. The summed E-state index contributed by atoms with van der Waals surface area (Å²) in [4.78, 5) is 137. The third-order valence-electron chi connectivity index (χ3n) is 14.6. The molecule has 0 radical (unpaired) electrons. The van der Waals surface area contributed by atoms with Crippen molar-refractivity contribution in [1.29, 1.82) is 0 Å². The molecule has 0 saturated carbocycles. The summed E-state index contributed by atoms with van der Waals surface area (Å²) in [5.41, 5.74) is 8.81. The second kappa shape index (κ2) is 26.9. The predicted octanol–water partition coefficient (Wildman–Crippen LogP) is 5.28. The summed E-state index contributed by atoms with van der Waals surface area (Å²) in [6.07, 6.45) is 0.576. The number of carbonyl (C=O) groups excluding carboxylic acids is 8. The summed E-state index contributed by atoms with van der Waals surface area (Å²) in [6.45, 7) is 11.1. The molecule has 4 heterocycles. The highest BCUT2D eigenvalue weighted by molar-refractivity contribution is 7.70. The third kappa shape index (κ3) is 15.7. The number of aromatic amines is 1. The second-order valence-electron chi connectivity index (χ2n) is 22.3. The van der Waals surface area contributed by atoms with Crippen LogP contribution in [-0.2, 0) is 46.3 Å². The van der Waals surface area contributed by atoms with E-state index in [1.165, 1.54) is 34.1 Å². The van der Waals surface area contributed by atoms with Crippen LogP contribution in [0.5, 0.6) is 5.75 Å². The average Bonchev–Trinajstić information content (AvgIpc) is 4.36. The van der Waals surface area contributed by atoms with Crippen molar-refractivity contribution >= 4 is 88.3 Å². The Morgan fingerprint density at radius 2 is 1.66 bits per heavy atom. The number of H-pyrrole nitrogens is 1. The van der Waals surface area contributed by atoms with Crippen LogP contribution in [0.3, 0.4) is 0 Å². The Labute approximate surface area is 483 Å². The van der Waals surface area contributed by atoms with E-state index in [0.29, 0.717) is 42.1 Å². The van der Waals surface area contributed by atoms with E-state index < -0.39 is 102 Å². The Bertz CT molecular complexity index is 3250. The van der Waals surface area contributed by atoms with Crippen LogP contribution in [0.2, 0.25) is 5.02 Å². The lowest BCUT2D eigenvalue weighted by atomic mass is 9.85. The van der Waals surface area contributed by atoms with Crippen molar-refractivity contribution in [2.45, 2.75) is 136 Å². The molecular weight excluding hydrogens is 1120 g/mol. The van der Waals surface area contributed by atoms with Gasteiger partial charge in [-0.1, -0.05) is 82.6 Å². The molecule has 0 spiro atoms. The number of carbonyl (C=O) groups is 8. The Hall–Kier alpha value is -7.01. The molecule has 22 nitrogen and oxygen atoms in total. The number of aromatic nitrogens is 2. The lowest BCUT2D eigenvalue weighted by molar-refractivity contribution is -0.144. The molecule has 7 rings (SSSR count). The number of amides is 7. The number of aryl methyl sites for hydroxylation is 2. The van der Waals surface area contributed by atoms with Crippen LogP contribution in [0, 0.1) is 18.3 Å². The van der Waals surface area contributed by atoms with E-state index in [0.717, 1.165) is 21.7 Å². The van der Waals surface area contributed by atoms with Crippen LogP contribution < -0.4 is 31.7 Å². The van der Waals surface area contributed by atoms with Gasteiger partial charge in [0.25, 0.3) is 11.4 Å². The van der Waals surface area contributed by atoms with Crippen LogP contribution in [0.15, 0.2) is 72.2 Å². The normalized spacial score (nSPS) is 17.5. The number of aliphatic hydroxyl groups excluding tert-OH is 1. The molecule has 6 atom stereocenters. The summed E-state index contributed by atoms with van der Waals surface area (Å²) in [7, 11) is -5.05. The molecule has 2 fully saturated rings. The zero-order valence-electron chi connectivity index (χ0n) is 46.5. The molecule has 440 valence electrons. The number of nitrogens with two attached hydrogens (primary N) is 1. The van der Waals surface area contributed by atoms with Gasteiger partial charge in [-0.15, -0.1) is 11.3 Å². The minimum Gasteiger partial charge on any atom is -0.490 e. The molecular formula is C57H71ClN9O13PS. The molecule has 25 heteroatoms. The maximum absolute atomic E-state index is 14.2. The molecule has 0 aliphatic carbocycles. The number of fused-ring (bicyclic) bond motifs is 1. The van der Waals surface area contributed by atoms with E-state index in [4.69, 9.17) is 22.1 Å². The number of rotatable bonds is 24. The van der Waals surface area contributed by atoms with Crippen molar-refractivity contribution in [1.82, 2.24) is 41.0 Å². The van der Waals surface area contributed by atoms with Crippen molar-refractivity contribution in [3.63, 3.8) is 0 Å². The van der Waals surface area contributed by atoms with E-state index in [1.807, 2.05) is 52.0 Å². The highest BCUT2D eigenvalue weighted by Crippen LogP contribution is 2.40. The molecule has 10 N–H and O–H groups in total. The average molecular weight is 1190 g/mol. The zero-order valence-corrected chi connectivity index (χ0v) is 49.0. The zero-order chi connectivity index (χ0) is 59.8. The predicted molar refractivity (Wildman–Crippen MR) is 307 cm³/mol. The Morgan fingerprint density at radius 1 is 0.927 bits per heavy atom. The SMILES string of the molecule is Cc1ncsc1-c1ccc(CNC(=O)[C@@H]2C[C@@H](O)CN2C(=O)[C@@H](NC(=O)CCCc2cccc(OC[C@H](CCC(N)=O)NC(=O)[C@@H]3CCCN3C(=O)[C@@H](NC(=O)c3cc4cc(C(=O)P(=O)(O)O)ccc4[nH]3)C(C)C)c2Cl)C(C)(C)C)cc1. The van der Waals surface area contributed by atoms with Crippen LogP contribution >= 0.6 is 30.5 Å². The number of ether oxygens (including phenoxy) is 1. The van der Waals surface area contributed by atoms with Gasteiger partial charge in [-0.05, 0) is 97.4 Å². The number of thiazole rings is 1. The largest absolute Gasteiger partial charge is 0.490 e. The Kier molecular flexibility index (Phi) is 20.6. The number of aliphatic hydroxyl groups is 1. The van der Waals surface area contributed by atoms with Gasteiger partial charge >= 0.3 is 7.60 Å². The first kappa shape index (κ1) is 62.6. The minimum absolute atomic E-state index is 0.0159. The van der Waals surface area contributed by atoms with Gasteiger partial charge in [0.1, 0.15) is 42.2 Å². The number of primary amides is 1. The minimum atomic E-state index is -5.05. The quantitative estimate of drug-likeness (QED) is 0.0355. The van der Waals surface area contributed by atoms with Crippen molar-refractivity contribution in [3.05, 3.63) is 105 Å². The van der Waals surface area contributed by atoms with Crippen molar-refractivity contribution in [2.75, 3.05) is 19.7 Å². The topological polar surface area (TPSA) is 333 Å². The first-order valence-electron chi connectivity index (χ1n) is 27.1. The maximum Gasteiger partial charge on any atom is 0.396 e. The molecule has 82 heavy (non-hydrogen) atoms. The molecule has 0 unspecified atom stereocenters. The van der Waals surface area contributed by atoms with E-state index in [2.05, 4.69) is 31.2 Å². The fourth-order valence-corrected chi connectivity index (χ4v) is 11.6. The van der Waals surface area contributed by atoms with Crippen LogP contribution in [0.1, 0.15) is 117 Å². The van der Waals surface area contributed by atoms with Gasteiger partial charge < -0.3 is 61.4 Å². The number of hydrogen-bond acceptors (Lipinski definition) is 13. The molecule has 2 aromatic heterocycles. The van der Waals surface area contributed by atoms with Gasteiger partial charge in [0.2, 0.25) is 35.4 Å². The summed E-state index contributed by atoms with van der Waals surface area (Å²) in [5, 5.41) is 22.8. The maximum atomic E-state index is 14.2. The van der Waals surface area contributed by atoms with Gasteiger partial charge in [0, 0.05) is 55.4 Å².